The third-order valence-corrected chi connectivity index (χ3v) is 10.4. The molecule has 1 fully saturated rings. The maximum Gasteiger partial charge on any atom is 0.340 e. The van der Waals surface area contributed by atoms with Crippen molar-refractivity contribution in [1.82, 2.24) is 14.5 Å². The third-order valence-electron chi connectivity index (χ3n) is 6.97. The molecule has 2 aliphatic heterocycles. The minimum Gasteiger partial charge on any atom is -0.493 e. The Morgan fingerprint density at radius 3 is 2.21 bits per heavy atom. The van der Waals surface area contributed by atoms with E-state index in [-0.39, 0.29) is 48.1 Å². The molecule has 5 rings (SSSR count). The summed E-state index contributed by atoms with van der Waals surface area (Å²) < 4.78 is 71.7. The highest BCUT2D eigenvalue weighted by molar-refractivity contribution is 7.91. The fraction of sp³-hybridized carbons (Fsp3) is 0.310. The Kier molecular flexibility index (Phi) is 8.74. The first-order valence-corrected chi connectivity index (χ1v) is 16.4. The number of ether oxygens (including phenoxy) is 2. The molecule has 0 aliphatic carbocycles. The molecule has 0 unspecified atom stereocenters. The number of carbonyl (C=O) groups is 2. The molecule has 0 saturated carbocycles. The summed E-state index contributed by atoms with van der Waals surface area (Å²) in [5.74, 6) is -0.364. The molecule has 12 nitrogen and oxygen atoms in total. The van der Waals surface area contributed by atoms with Gasteiger partial charge in [0.2, 0.25) is 10.0 Å². The number of rotatable bonds is 11. The van der Waals surface area contributed by atoms with Gasteiger partial charge in [0.15, 0.2) is 0 Å². The highest BCUT2D eigenvalue weighted by atomic mass is 32.2. The van der Waals surface area contributed by atoms with Gasteiger partial charge in [-0.25, -0.2) is 8.42 Å². The number of piperazine rings is 1. The van der Waals surface area contributed by atoms with Crippen LogP contribution in [0.15, 0.2) is 70.5 Å². The molecule has 1 N–H and O–H groups in total. The van der Waals surface area contributed by atoms with E-state index in [4.69, 9.17) is 13.7 Å². The van der Waals surface area contributed by atoms with Gasteiger partial charge in [0.05, 0.1) is 24.3 Å². The lowest BCUT2D eigenvalue weighted by molar-refractivity contribution is 0.0878. The zero-order chi connectivity index (χ0) is 30.8. The number of carbonyl (C=O) groups excluding carboxylic acids is 2. The Morgan fingerprint density at radius 2 is 1.47 bits per heavy atom. The lowest BCUT2D eigenvalue weighted by Crippen LogP contribution is -2.47. The van der Waals surface area contributed by atoms with Crippen LogP contribution in [0.4, 0.5) is 0 Å². The van der Waals surface area contributed by atoms with E-state index in [2.05, 4.69) is 5.32 Å². The van der Waals surface area contributed by atoms with Gasteiger partial charge in [-0.15, -0.1) is 0 Å². The van der Waals surface area contributed by atoms with Crippen LogP contribution in [0.3, 0.4) is 0 Å². The molecule has 0 spiro atoms. The summed E-state index contributed by atoms with van der Waals surface area (Å²) in [6.45, 7) is 3.70. The van der Waals surface area contributed by atoms with E-state index >= 15 is 0 Å². The van der Waals surface area contributed by atoms with E-state index in [1.54, 1.807) is 31.2 Å². The lowest BCUT2D eigenvalue weighted by atomic mass is 10.1. The van der Waals surface area contributed by atoms with Gasteiger partial charge in [-0.1, -0.05) is 18.2 Å². The third kappa shape index (κ3) is 6.67. The molecule has 228 valence electrons. The van der Waals surface area contributed by atoms with Crippen molar-refractivity contribution >= 4 is 32.0 Å². The lowest BCUT2D eigenvalue weighted by Gasteiger charge is -2.31. The first-order chi connectivity index (χ1) is 20.5. The summed E-state index contributed by atoms with van der Waals surface area (Å²) >= 11 is 0. The van der Waals surface area contributed by atoms with Crippen LogP contribution >= 0.6 is 0 Å². The summed E-state index contributed by atoms with van der Waals surface area (Å²) in [5.41, 5.74) is 1.13. The summed E-state index contributed by atoms with van der Waals surface area (Å²) in [6, 6.07) is 14.8. The number of hydrogen-bond donors (Lipinski definition) is 1. The van der Waals surface area contributed by atoms with Crippen LogP contribution in [-0.2, 0) is 20.1 Å². The molecule has 14 heteroatoms. The largest absolute Gasteiger partial charge is 0.493 e. The molecule has 2 aliphatic rings. The Hall–Kier alpha value is -3.98. The number of hydrogen-bond acceptors (Lipinski definition) is 10. The fourth-order valence-corrected chi connectivity index (χ4v) is 7.91. The standard InChI is InChI=1S/C29H31N3O9S2/c1-20-17-21(39-15-6-16-40-24-8-5-7-23-27(24)29(34)30-28(23)33)19-22(18-20)41-43(37,38)26-10-4-3-9-25(26)42(35,36)32-13-11-31(2)12-14-32/h3-5,7-10,17-19H,6,11-16H2,1-2H3,(H,30,33,34). The van der Waals surface area contributed by atoms with Crippen LogP contribution in [0, 0.1) is 6.92 Å². The maximum atomic E-state index is 13.4. The molecular weight excluding hydrogens is 598 g/mol. The SMILES string of the molecule is Cc1cc(OCCCOc2cccc3c2C(=O)NC3=O)cc(OS(=O)(=O)c2ccccc2S(=O)(=O)N2CCN(C)CC2)c1. The molecule has 0 radical (unpaired) electrons. The van der Waals surface area contributed by atoms with E-state index < -0.39 is 36.9 Å². The number of likely N-dealkylation sites (N-methyl/N-ethyl adjacent to an activating group) is 1. The Labute approximate surface area is 250 Å². The summed E-state index contributed by atoms with van der Waals surface area (Å²) in [6.07, 6.45) is 0.416. The number of benzene rings is 3. The topological polar surface area (TPSA) is 149 Å². The van der Waals surface area contributed by atoms with Crippen LogP contribution in [0.25, 0.3) is 0 Å². The molecule has 3 aromatic carbocycles. The zero-order valence-electron chi connectivity index (χ0n) is 23.6. The van der Waals surface area contributed by atoms with Crippen LogP contribution in [0.1, 0.15) is 32.7 Å². The number of nitrogens with one attached hydrogen (secondary N) is 1. The van der Waals surface area contributed by atoms with E-state index in [0.29, 0.717) is 36.6 Å². The predicted molar refractivity (Wildman–Crippen MR) is 156 cm³/mol. The van der Waals surface area contributed by atoms with Crippen molar-refractivity contribution in [2.45, 2.75) is 23.1 Å². The Morgan fingerprint density at radius 1 is 0.791 bits per heavy atom. The van der Waals surface area contributed by atoms with Crippen molar-refractivity contribution < 1.29 is 40.1 Å². The summed E-state index contributed by atoms with van der Waals surface area (Å²) in [5, 5.41) is 2.24. The molecule has 43 heavy (non-hydrogen) atoms. The van der Waals surface area contributed by atoms with Gasteiger partial charge in [0.25, 0.3) is 11.8 Å². The van der Waals surface area contributed by atoms with Gasteiger partial charge in [0, 0.05) is 38.7 Å². The van der Waals surface area contributed by atoms with Crippen LogP contribution < -0.4 is 19.0 Å². The molecular formula is C29H31N3O9S2. The quantitative estimate of drug-likeness (QED) is 0.190. The first kappa shape index (κ1) is 30.5. The molecule has 0 bridgehead atoms. The van der Waals surface area contributed by atoms with Crippen LogP contribution in [0.5, 0.6) is 17.2 Å². The highest BCUT2D eigenvalue weighted by Gasteiger charge is 2.34. The molecule has 2 amide bonds. The van der Waals surface area contributed by atoms with Crippen molar-refractivity contribution in [2.75, 3.05) is 46.4 Å². The van der Waals surface area contributed by atoms with Gasteiger partial charge in [-0.2, -0.15) is 12.7 Å². The highest BCUT2D eigenvalue weighted by Crippen LogP contribution is 2.30. The van der Waals surface area contributed by atoms with Gasteiger partial charge < -0.3 is 18.6 Å². The van der Waals surface area contributed by atoms with Crippen molar-refractivity contribution in [3.8, 4) is 17.2 Å². The summed E-state index contributed by atoms with van der Waals surface area (Å²) in [7, 11) is -6.72. The Balaban J connectivity index is 1.24. The number of nitrogens with zero attached hydrogens (tertiary/aromatic N) is 2. The van der Waals surface area contributed by atoms with E-state index in [9.17, 15) is 26.4 Å². The molecule has 1 saturated heterocycles. The van der Waals surface area contributed by atoms with Crippen molar-refractivity contribution in [1.29, 1.82) is 0 Å². The minimum absolute atomic E-state index is 0.0337. The predicted octanol–water partition coefficient (Wildman–Crippen LogP) is 2.43. The van der Waals surface area contributed by atoms with E-state index in [0.717, 1.165) is 0 Å². The van der Waals surface area contributed by atoms with E-state index in [1.807, 2.05) is 11.9 Å². The first-order valence-electron chi connectivity index (χ1n) is 13.5. The number of amides is 2. The van der Waals surface area contributed by atoms with Gasteiger partial charge in [0.1, 0.15) is 27.0 Å². The molecule has 0 aromatic heterocycles. The number of sulfonamides is 1. The van der Waals surface area contributed by atoms with Gasteiger partial charge in [-0.05, 0) is 55.9 Å². The van der Waals surface area contributed by atoms with Crippen molar-refractivity contribution in [3.05, 3.63) is 77.4 Å². The van der Waals surface area contributed by atoms with Crippen LogP contribution in [0.2, 0.25) is 0 Å². The summed E-state index contributed by atoms with van der Waals surface area (Å²) in [4.78, 5) is 25.1. The normalized spacial score (nSPS) is 16.0. The van der Waals surface area contributed by atoms with Crippen molar-refractivity contribution in [2.24, 2.45) is 0 Å². The maximum absolute atomic E-state index is 13.4. The molecule has 3 aromatic rings. The number of imide groups is 1. The average molecular weight is 630 g/mol. The number of fused-ring (bicyclic) bond motifs is 1. The molecule has 0 atom stereocenters. The second kappa shape index (κ2) is 12.3. The van der Waals surface area contributed by atoms with Gasteiger partial charge >= 0.3 is 10.1 Å². The van der Waals surface area contributed by atoms with Crippen molar-refractivity contribution in [3.63, 3.8) is 0 Å². The zero-order valence-corrected chi connectivity index (χ0v) is 25.2. The Bertz CT molecular complexity index is 1770. The number of aryl methyl sites for hydroxylation is 1. The second-order valence-electron chi connectivity index (χ2n) is 10.2. The second-order valence-corrected chi connectivity index (χ2v) is 13.6. The monoisotopic (exact) mass is 629 g/mol. The molecule has 2 heterocycles. The fourth-order valence-electron chi connectivity index (χ4n) is 4.79. The average Bonchev–Trinajstić information content (AvgIpc) is 3.26. The smallest absolute Gasteiger partial charge is 0.340 e. The van der Waals surface area contributed by atoms with Gasteiger partial charge in [-0.3, -0.25) is 14.9 Å². The van der Waals surface area contributed by atoms with E-state index in [1.165, 1.54) is 40.7 Å². The van der Waals surface area contributed by atoms with Crippen LogP contribution in [-0.4, -0.2) is 84.3 Å². The minimum atomic E-state index is -4.53.